The van der Waals surface area contributed by atoms with E-state index in [1.807, 2.05) is 0 Å². The Kier molecular flexibility index (Phi) is 7.32. The lowest BCUT2D eigenvalue weighted by Crippen LogP contribution is -2.40. The van der Waals surface area contributed by atoms with E-state index in [2.05, 4.69) is 57.1 Å². The number of rotatable bonds is 3. The van der Waals surface area contributed by atoms with Gasteiger partial charge in [-0.15, -0.1) is 35.3 Å². The highest BCUT2D eigenvalue weighted by Gasteiger charge is 2.30. The monoisotopic (exact) mass is 450 g/mol. The molecule has 0 atom stereocenters. The molecule has 1 aliphatic heterocycles. The van der Waals surface area contributed by atoms with Crippen LogP contribution in [0.25, 0.3) is 0 Å². The summed E-state index contributed by atoms with van der Waals surface area (Å²) >= 11 is 1.71. The van der Waals surface area contributed by atoms with Crippen LogP contribution in [0.3, 0.4) is 0 Å². The van der Waals surface area contributed by atoms with E-state index in [4.69, 9.17) is 9.98 Å². The van der Waals surface area contributed by atoms with Gasteiger partial charge in [-0.3, -0.25) is 0 Å². The largest absolute Gasteiger partial charge is 0.357 e. The summed E-state index contributed by atoms with van der Waals surface area (Å²) in [7, 11) is 0. The summed E-state index contributed by atoms with van der Waals surface area (Å²) in [5, 5.41) is 6.68. The van der Waals surface area contributed by atoms with Gasteiger partial charge in [0.25, 0.3) is 0 Å². The van der Waals surface area contributed by atoms with E-state index < -0.39 is 0 Å². The topological polar surface area (TPSA) is 40.5 Å². The third kappa shape index (κ3) is 5.89. The molecule has 1 aromatic heterocycles. The Morgan fingerprint density at radius 2 is 2.13 bits per heavy atom. The summed E-state index contributed by atoms with van der Waals surface area (Å²) in [6.07, 6.45) is 1.23. The molecular weight excluding hydrogens is 419 g/mol. The SMILES string of the molecule is CCNC(=NCc1nc(C(C)(C)C)cs1)N1CCC(C)(C)C1.I. The maximum Gasteiger partial charge on any atom is 0.194 e. The van der Waals surface area contributed by atoms with Crippen molar-refractivity contribution < 1.29 is 0 Å². The van der Waals surface area contributed by atoms with Crippen molar-refractivity contribution in [2.45, 2.75) is 59.9 Å². The zero-order chi connectivity index (χ0) is 16.4. The fourth-order valence-electron chi connectivity index (χ4n) is 2.59. The van der Waals surface area contributed by atoms with Crippen molar-refractivity contribution in [2.24, 2.45) is 10.4 Å². The second-order valence-corrected chi connectivity index (χ2v) is 8.83. The Hall–Kier alpha value is -0.370. The number of hydrogen-bond donors (Lipinski definition) is 1. The van der Waals surface area contributed by atoms with Crippen LogP contribution in [0.4, 0.5) is 0 Å². The molecular formula is C17H31IN4S. The van der Waals surface area contributed by atoms with Gasteiger partial charge in [-0.25, -0.2) is 9.98 Å². The summed E-state index contributed by atoms with van der Waals surface area (Å²) in [5.41, 5.74) is 1.66. The quantitative estimate of drug-likeness (QED) is 0.425. The molecule has 1 aliphatic rings. The molecule has 1 saturated heterocycles. The van der Waals surface area contributed by atoms with Gasteiger partial charge in [0.05, 0.1) is 12.2 Å². The number of aliphatic imine (C=N–C) groups is 1. The van der Waals surface area contributed by atoms with Crippen LogP contribution in [0.2, 0.25) is 0 Å². The molecule has 0 aliphatic carbocycles. The molecule has 1 aromatic rings. The highest BCUT2D eigenvalue weighted by Crippen LogP contribution is 2.29. The number of nitrogens with one attached hydrogen (secondary N) is 1. The van der Waals surface area contributed by atoms with Crippen molar-refractivity contribution in [3.63, 3.8) is 0 Å². The fourth-order valence-corrected chi connectivity index (χ4v) is 3.53. The van der Waals surface area contributed by atoms with E-state index in [0.717, 1.165) is 36.3 Å². The van der Waals surface area contributed by atoms with E-state index in [0.29, 0.717) is 12.0 Å². The molecule has 0 unspecified atom stereocenters. The van der Waals surface area contributed by atoms with Crippen molar-refractivity contribution in [1.29, 1.82) is 0 Å². The molecule has 2 rings (SSSR count). The van der Waals surface area contributed by atoms with Crippen LogP contribution in [-0.2, 0) is 12.0 Å². The first-order chi connectivity index (χ1) is 10.2. The molecule has 0 amide bonds. The van der Waals surface area contributed by atoms with E-state index in [1.165, 1.54) is 6.42 Å². The summed E-state index contributed by atoms with van der Waals surface area (Å²) in [6, 6.07) is 0. The fraction of sp³-hybridized carbons (Fsp3) is 0.765. The molecule has 0 saturated carbocycles. The minimum Gasteiger partial charge on any atom is -0.357 e. The van der Waals surface area contributed by atoms with Crippen LogP contribution in [-0.4, -0.2) is 35.5 Å². The number of halogens is 1. The van der Waals surface area contributed by atoms with Crippen molar-refractivity contribution in [1.82, 2.24) is 15.2 Å². The number of aromatic nitrogens is 1. The molecule has 0 spiro atoms. The molecule has 1 fully saturated rings. The molecule has 2 heterocycles. The van der Waals surface area contributed by atoms with Gasteiger partial charge in [0.15, 0.2) is 5.96 Å². The third-order valence-corrected chi connectivity index (χ3v) is 4.83. The molecule has 6 heteroatoms. The Morgan fingerprint density at radius 1 is 1.43 bits per heavy atom. The summed E-state index contributed by atoms with van der Waals surface area (Å²) in [5.74, 6) is 1.03. The molecule has 132 valence electrons. The van der Waals surface area contributed by atoms with Crippen molar-refractivity contribution in [3.8, 4) is 0 Å². The van der Waals surface area contributed by atoms with Crippen LogP contribution >= 0.6 is 35.3 Å². The van der Waals surface area contributed by atoms with E-state index >= 15 is 0 Å². The second kappa shape index (κ2) is 8.14. The Balaban J connectivity index is 0.00000264. The van der Waals surface area contributed by atoms with Crippen LogP contribution in [0.5, 0.6) is 0 Å². The number of guanidine groups is 1. The van der Waals surface area contributed by atoms with Crippen molar-refractivity contribution >= 4 is 41.3 Å². The molecule has 0 radical (unpaired) electrons. The van der Waals surface area contributed by atoms with Gasteiger partial charge in [-0.1, -0.05) is 34.6 Å². The average molecular weight is 450 g/mol. The standard InChI is InChI=1S/C17H30N4S.HI/c1-7-18-15(21-9-8-17(5,6)12-21)19-10-14-20-13(11-22-14)16(2,3)4;/h11H,7-10,12H2,1-6H3,(H,18,19);1H. The highest BCUT2D eigenvalue weighted by molar-refractivity contribution is 14.0. The lowest BCUT2D eigenvalue weighted by molar-refractivity contribution is 0.370. The van der Waals surface area contributed by atoms with Gasteiger partial charge in [0.2, 0.25) is 0 Å². The number of likely N-dealkylation sites (tertiary alicyclic amines) is 1. The van der Waals surface area contributed by atoms with Crippen LogP contribution in [0, 0.1) is 5.41 Å². The zero-order valence-electron chi connectivity index (χ0n) is 15.3. The first-order valence-electron chi connectivity index (χ1n) is 8.19. The average Bonchev–Trinajstić information content (AvgIpc) is 3.00. The Morgan fingerprint density at radius 3 is 2.61 bits per heavy atom. The normalized spacial score (nSPS) is 18.0. The van der Waals surface area contributed by atoms with Gasteiger partial charge in [0.1, 0.15) is 5.01 Å². The summed E-state index contributed by atoms with van der Waals surface area (Å²) in [6.45, 7) is 17.1. The molecule has 0 aromatic carbocycles. The summed E-state index contributed by atoms with van der Waals surface area (Å²) in [4.78, 5) is 11.9. The van der Waals surface area contributed by atoms with Crippen LogP contribution in [0.15, 0.2) is 10.4 Å². The predicted molar refractivity (Wildman–Crippen MR) is 111 cm³/mol. The number of thiazole rings is 1. The van der Waals surface area contributed by atoms with Gasteiger partial charge in [0, 0.05) is 30.4 Å². The number of nitrogens with zero attached hydrogens (tertiary/aromatic N) is 3. The second-order valence-electron chi connectivity index (χ2n) is 7.88. The lowest BCUT2D eigenvalue weighted by atomic mass is 9.93. The Bertz CT molecular complexity index is 531. The zero-order valence-corrected chi connectivity index (χ0v) is 18.4. The van der Waals surface area contributed by atoms with Crippen molar-refractivity contribution in [3.05, 3.63) is 16.1 Å². The minimum atomic E-state index is 0. The van der Waals surface area contributed by atoms with Crippen molar-refractivity contribution in [2.75, 3.05) is 19.6 Å². The summed E-state index contributed by atoms with van der Waals surface area (Å²) < 4.78 is 0. The first-order valence-corrected chi connectivity index (χ1v) is 9.07. The van der Waals surface area contributed by atoms with Gasteiger partial charge < -0.3 is 10.2 Å². The van der Waals surface area contributed by atoms with E-state index in [9.17, 15) is 0 Å². The Labute approximate surface area is 162 Å². The molecule has 0 bridgehead atoms. The maximum absolute atomic E-state index is 4.81. The van der Waals surface area contributed by atoms with Gasteiger partial charge >= 0.3 is 0 Å². The molecule has 4 nitrogen and oxygen atoms in total. The molecule has 23 heavy (non-hydrogen) atoms. The minimum absolute atomic E-state index is 0. The van der Waals surface area contributed by atoms with Gasteiger partial charge in [-0.05, 0) is 18.8 Å². The third-order valence-electron chi connectivity index (χ3n) is 4.00. The van der Waals surface area contributed by atoms with Gasteiger partial charge in [-0.2, -0.15) is 0 Å². The number of hydrogen-bond acceptors (Lipinski definition) is 3. The van der Waals surface area contributed by atoms with E-state index in [-0.39, 0.29) is 29.4 Å². The predicted octanol–water partition coefficient (Wildman–Crippen LogP) is 4.26. The lowest BCUT2D eigenvalue weighted by Gasteiger charge is -2.23. The van der Waals surface area contributed by atoms with Crippen LogP contribution < -0.4 is 5.32 Å². The smallest absolute Gasteiger partial charge is 0.194 e. The molecule has 1 N–H and O–H groups in total. The first kappa shape index (κ1) is 20.7. The van der Waals surface area contributed by atoms with Crippen LogP contribution in [0.1, 0.15) is 58.7 Å². The maximum atomic E-state index is 4.81. The highest BCUT2D eigenvalue weighted by atomic mass is 127. The van der Waals surface area contributed by atoms with E-state index in [1.54, 1.807) is 11.3 Å².